The van der Waals surface area contributed by atoms with Gasteiger partial charge in [0.05, 0.1) is 5.56 Å². The van der Waals surface area contributed by atoms with Crippen LogP contribution < -0.4 is 10.6 Å². The third-order valence-electron chi connectivity index (χ3n) is 1.87. The minimum atomic E-state index is -1.08. The zero-order valence-electron chi connectivity index (χ0n) is 9.13. The van der Waals surface area contributed by atoms with Gasteiger partial charge in [0.15, 0.2) is 0 Å². The Balaban J connectivity index is 2.03. The Hall–Kier alpha value is -2.00. The van der Waals surface area contributed by atoms with Gasteiger partial charge in [0.25, 0.3) is 0 Å². The Bertz CT molecular complexity index is 592. The van der Waals surface area contributed by atoms with Crippen LogP contribution in [0.2, 0.25) is 0 Å². The molecule has 0 saturated heterocycles. The lowest BCUT2D eigenvalue weighted by Gasteiger charge is -2.03. The number of carboxylic acids is 1. The maximum atomic E-state index is 11.6. The summed E-state index contributed by atoms with van der Waals surface area (Å²) in [6, 6.07) is 0.883. The van der Waals surface area contributed by atoms with Crippen molar-refractivity contribution in [3.8, 4) is 0 Å². The summed E-state index contributed by atoms with van der Waals surface area (Å²) in [5.74, 6) is -1.08. The van der Waals surface area contributed by atoms with Crippen LogP contribution in [-0.4, -0.2) is 27.3 Å². The third kappa shape index (κ3) is 2.81. The van der Waals surface area contributed by atoms with Crippen molar-refractivity contribution in [1.29, 1.82) is 0 Å². The van der Waals surface area contributed by atoms with Gasteiger partial charge >= 0.3 is 12.0 Å². The van der Waals surface area contributed by atoms with Crippen LogP contribution in [0.4, 0.5) is 14.9 Å². The second-order valence-electron chi connectivity index (χ2n) is 3.17. The molecule has 0 spiro atoms. The monoisotopic (exact) mass is 284 g/mol. The molecule has 2 aromatic heterocycles. The van der Waals surface area contributed by atoms with Crippen LogP contribution in [0.15, 0.2) is 11.4 Å². The summed E-state index contributed by atoms with van der Waals surface area (Å²) in [6.07, 6.45) is 0. The minimum Gasteiger partial charge on any atom is -0.478 e. The van der Waals surface area contributed by atoms with E-state index >= 15 is 0 Å². The second-order valence-corrected chi connectivity index (χ2v) is 5.27. The molecule has 0 aliphatic carbocycles. The van der Waals surface area contributed by atoms with E-state index in [4.69, 9.17) is 5.11 Å². The van der Waals surface area contributed by atoms with Crippen LogP contribution in [0.3, 0.4) is 0 Å². The number of rotatable bonds is 3. The molecule has 3 N–H and O–H groups in total. The van der Waals surface area contributed by atoms with E-state index in [-0.39, 0.29) is 10.6 Å². The van der Waals surface area contributed by atoms with E-state index in [2.05, 4.69) is 20.8 Å². The summed E-state index contributed by atoms with van der Waals surface area (Å²) >= 11 is 2.37. The highest BCUT2D eigenvalue weighted by Gasteiger charge is 2.14. The number of aromatic nitrogens is 2. The molecule has 0 saturated carbocycles. The first-order valence-corrected chi connectivity index (χ1v) is 6.45. The van der Waals surface area contributed by atoms with Crippen molar-refractivity contribution in [1.82, 2.24) is 10.2 Å². The fourth-order valence-corrected chi connectivity index (χ4v) is 2.51. The quantitative estimate of drug-likeness (QED) is 0.801. The molecule has 0 unspecified atom stereocenters. The molecule has 2 heterocycles. The van der Waals surface area contributed by atoms with E-state index in [1.165, 1.54) is 17.4 Å². The molecular weight excluding hydrogens is 276 g/mol. The number of hydrogen-bond donors (Lipinski definition) is 3. The average Bonchev–Trinajstić information content (AvgIpc) is 2.87. The maximum Gasteiger partial charge on any atom is 0.338 e. The lowest BCUT2D eigenvalue weighted by atomic mass is 10.3. The Morgan fingerprint density at radius 1 is 1.33 bits per heavy atom. The van der Waals surface area contributed by atoms with E-state index in [0.717, 1.165) is 16.3 Å². The number of anilines is 2. The lowest BCUT2D eigenvalue weighted by molar-refractivity contribution is 0.0698. The smallest absolute Gasteiger partial charge is 0.338 e. The molecule has 7 nitrogen and oxygen atoms in total. The van der Waals surface area contributed by atoms with E-state index < -0.39 is 12.0 Å². The Morgan fingerprint density at radius 2 is 2.11 bits per heavy atom. The summed E-state index contributed by atoms with van der Waals surface area (Å²) in [5, 5.41) is 24.2. The molecule has 9 heteroatoms. The van der Waals surface area contributed by atoms with Gasteiger partial charge in [-0.1, -0.05) is 11.3 Å². The van der Waals surface area contributed by atoms with Crippen LogP contribution in [0.1, 0.15) is 15.4 Å². The first kappa shape index (κ1) is 12.5. The highest BCUT2D eigenvalue weighted by molar-refractivity contribution is 7.15. The number of carbonyl (C=O) groups excluding carboxylic acids is 1. The molecule has 0 atom stereocenters. The molecule has 0 aromatic carbocycles. The number of thiophene rings is 1. The standard InChI is InChI=1S/C9H8N4O3S2/c1-4-12-13-9(18-4)11-8(16)10-6-5(7(14)15)2-3-17-6/h2-3H,1H3,(H,14,15)(H2,10,11,13,16). The predicted octanol–water partition coefficient (Wildman–Crippen LogP) is 2.25. The van der Waals surface area contributed by atoms with Gasteiger partial charge in [-0.05, 0) is 18.4 Å². The Morgan fingerprint density at radius 3 is 2.72 bits per heavy atom. The minimum absolute atomic E-state index is 0.0589. The van der Waals surface area contributed by atoms with E-state index in [9.17, 15) is 9.59 Å². The van der Waals surface area contributed by atoms with Gasteiger partial charge in [0.1, 0.15) is 10.0 Å². The summed E-state index contributed by atoms with van der Waals surface area (Å²) in [6.45, 7) is 1.77. The first-order valence-electron chi connectivity index (χ1n) is 4.75. The van der Waals surface area contributed by atoms with Gasteiger partial charge in [0.2, 0.25) is 5.13 Å². The zero-order chi connectivity index (χ0) is 13.1. The summed E-state index contributed by atoms with van der Waals surface area (Å²) in [7, 11) is 0. The predicted molar refractivity (Wildman–Crippen MR) is 68.6 cm³/mol. The number of aromatic carboxylic acids is 1. The molecule has 94 valence electrons. The molecule has 2 rings (SSSR count). The van der Waals surface area contributed by atoms with Crippen LogP contribution in [0, 0.1) is 6.92 Å². The number of urea groups is 1. The average molecular weight is 284 g/mol. The SMILES string of the molecule is Cc1nnc(NC(=O)Nc2sccc2C(=O)O)s1. The number of amides is 2. The van der Waals surface area contributed by atoms with Gasteiger partial charge in [0, 0.05) is 0 Å². The molecule has 2 aromatic rings. The van der Waals surface area contributed by atoms with Crippen molar-refractivity contribution < 1.29 is 14.7 Å². The Labute approximate surface area is 109 Å². The van der Waals surface area contributed by atoms with Crippen LogP contribution >= 0.6 is 22.7 Å². The zero-order valence-corrected chi connectivity index (χ0v) is 10.8. The number of aryl methyl sites for hydroxylation is 1. The van der Waals surface area contributed by atoms with Crippen molar-refractivity contribution in [2.45, 2.75) is 6.92 Å². The van der Waals surface area contributed by atoms with Crippen molar-refractivity contribution in [2.75, 3.05) is 10.6 Å². The van der Waals surface area contributed by atoms with Crippen molar-refractivity contribution in [3.05, 3.63) is 22.0 Å². The largest absolute Gasteiger partial charge is 0.478 e. The molecule has 2 amide bonds. The highest BCUT2D eigenvalue weighted by Crippen LogP contribution is 2.23. The topological polar surface area (TPSA) is 104 Å². The van der Waals surface area contributed by atoms with Gasteiger partial charge in [-0.25, -0.2) is 9.59 Å². The van der Waals surface area contributed by atoms with E-state index in [0.29, 0.717) is 5.13 Å². The number of hydrogen-bond acceptors (Lipinski definition) is 6. The van der Waals surface area contributed by atoms with Gasteiger partial charge in [-0.15, -0.1) is 21.5 Å². The first-order chi connectivity index (χ1) is 8.56. The molecule has 0 fully saturated rings. The van der Waals surface area contributed by atoms with Crippen LogP contribution in [0.5, 0.6) is 0 Å². The van der Waals surface area contributed by atoms with Crippen LogP contribution in [-0.2, 0) is 0 Å². The number of carbonyl (C=O) groups is 2. The fourth-order valence-electron chi connectivity index (χ4n) is 1.15. The van der Waals surface area contributed by atoms with Gasteiger partial charge in [-0.2, -0.15) is 0 Å². The van der Waals surface area contributed by atoms with E-state index in [1.54, 1.807) is 12.3 Å². The molecule has 0 aliphatic rings. The number of nitrogens with zero attached hydrogens (tertiary/aromatic N) is 2. The Kier molecular flexibility index (Phi) is 3.53. The van der Waals surface area contributed by atoms with Crippen LogP contribution in [0.25, 0.3) is 0 Å². The number of nitrogens with one attached hydrogen (secondary N) is 2. The second kappa shape index (κ2) is 5.10. The van der Waals surface area contributed by atoms with Crippen molar-refractivity contribution >= 4 is 44.8 Å². The normalized spacial score (nSPS) is 10.1. The van der Waals surface area contributed by atoms with Crippen molar-refractivity contribution in [2.24, 2.45) is 0 Å². The molecule has 18 heavy (non-hydrogen) atoms. The molecule has 0 aliphatic heterocycles. The molecular formula is C9H8N4O3S2. The number of carboxylic acid groups (broad SMARTS) is 1. The summed E-state index contributed by atoms with van der Waals surface area (Å²) in [5.41, 5.74) is 0.0589. The maximum absolute atomic E-state index is 11.6. The summed E-state index contributed by atoms with van der Waals surface area (Å²) in [4.78, 5) is 22.4. The van der Waals surface area contributed by atoms with E-state index in [1.807, 2.05) is 0 Å². The molecule has 0 radical (unpaired) electrons. The van der Waals surface area contributed by atoms with Gasteiger partial charge < -0.3 is 5.11 Å². The van der Waals surface area contributed by atoms with Crippen molar-refractivity contribution in [3.63, 3.8) is 0 Å². The fraction of sp³-hybridized carbons (Fsp3) is 0.111. The highest BCUT2D eigenvalue weighted by atomic mass is 32.1. The van der Waals surface area contributed by atoms with Gasteiger partial charge in [-0.3, -0.25) is 10.6 Å². The lowest BCUT2D eigenvalue weighted by Crippen LogP contribution is -2.19. The molecule has 0 bridgehead atoms. The third-order valence-corrected chi connectivity index (χ3v) is 3.45. The summed E-state index contributed by atoms with van der Waals surface area (Å²) < 4.78 is 0.